The number of halogens is 6. The molecule has 3 rings (SSSR count). The molecule has 0 spiro atoms. The molecule has 1 saturated heterocycles. The predicted molar refractivity (Wildman–Crippen MR) is 123 cm³/mol. The van der Waals surface area contributed by atoms with Gasteiger partial charge < -0.3 is 20.3 Å². The summed E-state index contributed by atoms with van der Waals surface area (Å²) in [5, 5.41) is 6.50. The molecule has 0 radical (unpaired) electrons. The van der Waals surface area contributed by atoms with Crippen molar-refractivity contribution < 1.29 is 41.1 Å². The first kappa shape index (κ1) is 27.8. The van der Waals surface area contributed by atoms with Crippen molar-refractivity contribution in [2.24, 2.45) is 0 Å². The minimum Gasteiger partial charge on any atom is -0.370 e. The van der Waals surface area contributed by atoms with Gasteiger partial charge in [-0.05, 0) is 30.3 Å². The number of nitrogens with zero attached hydrogens (tertiary/aromatic N) is 1. The highest BCUT2D eigenvalue weighted by Crippen LogP contribution is 2.32. The zero-order chi connectivity index (χ0) is 26.5. The lowest BCUT2D eigenvalue weighted by atomic mass is 10.1. The Kier molecular flexibility index (Phi) is 9.22. The Balaban J connectivity index is 1.76. The molecule has 0 bridgehead atoms. The quantitative estimate of drug-likeness (QED) is 0.412. The first-order valence-corrected chi connectivity index (χ1v) is 11.6. The molecule has 3 amide bonds. The van der Waals surface area contributed by atoms with Gasteiger partial charge >= 0.3 is 6.18 Å². The number of ether oxygens (including phenoxy) is 1. The van der Waals surface area contributed by atoms with Crippen molar-refractivity contribution in [3.8, 4) is 0 Å². The number of nitrogens with one attached hydrogen (secondary N) is 3. The molecule has 1 aliphatic rings. The van der Waals surface area contributed by atoms with Gasteiger partial charge in [-0.3, -0.25) is 19.7 Å². The third kappa shape index (κ3) is 7.59. The van der Waals surface area contributed by atoms with Crippen LogP contribution >= 0.6 is 22.9 Å². The fourth-order valence-corrected chi connectivity index (χ4v) is 4.20. The van der Waals surface area contributed by atoms with Gasteiger partial charge in [0.1, 0.15) is 12.6 Å². The number of thiophene rings is 1. The van der Waals surface area contributed by atoms with Gasteiger partial charge in [-0.15, -0.1) is 11.3 Å². The van der Waals surface area contributed by atoms with Crippen LogP contribution in [-0.2, 0) is 14.3 Å². The maximum Gasteiger partial charge on any atom is 0.401 e. The van der Waals surface area contributed by atoms with E-state index in [0.717, 1.165) is 23.5 Å². The van der Waals surface area contributed by atoms with Crippen molar-refractivity contribution >= 4 is 52.0 Å². The van der Waals surface area contributed by atoms with Crippen LogP contribution in [0.2, 0.25) is 4.34 Å². The minimum atomic E-state index is -4.68. The SMILES string of the molecule is O=C(NC[C@H](NCC(F)(F)F)C(=O)Nc1ccc(N2CCOCC2=O)cc1C(F)F)c1ccc(Cl)s1. The maximum atomic E-state index is 13.8. The van der Waals surface area contributed by atoms with Gasteiger partial charge in [0.25, 0.3) is 18.2 Å². The van der Waals surface area contributed by atoms with Crippen LogP contribution in [0.3, 0.4) is 0 Å². The van der Waals surface area contributed by atoms with Gasteiger partial charge in [0.15, 0.2) is 0 Å². The summed E-state index contributed by atoms with van der Waals surface area (Å²) in [5.41, 5.74) is -0.827. The van der Waals surface area contributed by atoms with Crippen molar-refractivity contribution in [2.75, 3.05) is 43.1 Å². The van der Waals surface area contributed by atoms with E-state index in [1.165, 1.54) is 23.1 Å². The Hall–Kier alpha value is -2.81. The van der Waals surface area contributed by atoms with Crippen LogP contribution in [0.1, 0.15) is 21.7 Å². The highest BCUT2D eigenvalue weighted by molar-refractivity contribution is 7.18. The van der Waals surface area contributed by atoms with Crippen molar-refractivity contribution in [2.45, 2.75) is 18.6 Å². The predicted octanol–water partition coefficient (Wildman–Crippen LogP) is 3.59. The van der Waals surface area contributed by atoms with Crippen LogP contribution in [0.15, 0.2) is 30.3 Å². The number of alkyl halides is 5. The number of hydrogen-bond donors (Lipinski definition) is 3. The van der Waals surface area contributed by atoms with E-state index in [1.54, 1.807) is 0 Å². The molecule has 0 aliphatic carbocycles. The summed E-state index contributed by atoms with van der Waals surface area (Å²) in [6.07, 6.45) is -7.74. The van der Waals surface area contributed by atoms with Crippen molar-refractivity contribution in [3.05, 3.63) is 45.1 Å². The number of carbonyl (C=O) groups is 3. The summed E-state index contributed by atoms with van der Waals surface area (Å²) in [4.78, 5) is 38.4. The van der Waals surface area contributed by atoms with Crippen molar-refractivity contribution in [3.63, 3.8) is 0 Å². The fourth-order valence-electron chi connectivity index (χ4n) is 3.24. The Bertz CT molecular complexity index is 1110. The zero-order valence-corrected chi connectivity index (χ0v) is 19.9. The molecule has 1 atom stereocenters. The van der Waals surface area contributed by atoms with E-state index in [9.17, 15) is 36.3 Å². The average Bonchev–Trinajstić information content (AvgIpc) is 3.25. The first-order valence-electron chi connectivity index (χ1n) is 10.4. The van der Waals surface area contributed by atoms with Crippen LogP contribution < -0.4 is 20.9 Å². The number of hydrogen-bond acceptors (Lipinski definition) is 6. The summed E-state index contributed by atoms with van der Waals surface area (Å²) in [6.45, 7) is -1.99. The van der Waals surface area contributed by atoms with Crippen LogP contribution in [0.4, 0.5) is 33.3 Å². The number of carbonyl (C=O) groups excluding carboxylic acids is 3. The summed E-state index contributed by atoms with van der Waals surface area (Å²) in [6, 6.07) is 4.71. The molecule has 15 heteroatoms. The lowest BCUT2D eigenvalue weighted by Crippen LogP contribution is -2.51. The summed E-state index contributed by atoms with van der Waals surface area (Å²) < 4.78 is 71.1. The Morgan fingerprint density at radius 2 is 1.94 bits per heavy atom. The molecule has 0 saturated carbocycles. The largest absolute Gasteiger partial charge is 0.401 e. The lowest BCUT2D eigenvalue weighted by Gasteiger charge is -2.28. The number of amides is 3. The number of anilines is 2. The van der Waals surface area contributed by atoms with E-state index in [-0.39, 0.29) is 36.0 Å². The van der Waals surface area contributed by atoms with E-state index >= 15 is 0 Å². The molecule has 2 heterocycles. The molecular weight excluding hydrogens is 535 g/mol. The molecule has 3 N–H and O–H groups in total. The smallest absolute Gasteiger partial charge is 0.370 e. The van der Waals surface area contributed by atoms with Gasteiger partial charge in [0, 0.05) is 30.0 Å². The lowest BCUT2D eigenvalue weighted by molar-refractivity contribution is -0.130. The second kappa shape index (κ2) is 12.0. The standard InChI is InChI=1S/C21H20ClF5N4O4S/c22-16-4-3-15(36-16)20(34)28-8-14(29-10-21(25,26)27)19(33)30-13-2-1-11(7-12(13)18(23)24)31-5-6-35-9-17(31)32/h1-4,7,14,18,29H,5-6,8-10H2,(H,28,34)(H,30,33)/t14-/m0/s1. The van der Waals surface area contributed by atoms with Crippen LogP contribution in [-0.4, -0.2) is 62.8 Å². The highest BCUT2D eigenvalue weighted by atomic mass is 35.5. The van der Waals surface area contributed by atoms with Gasteiger partial charge in [0.05, 0.1) is 22.4 Å². The zero-order valence-electron chi connectivity index (χ0n) is 18.3. The molecule has 1 aromatic carbocycles. The number of rotatable bonds is 9. The van der Waals surface area contributed by atoms with Crippen molar-refractivity contribution in [1.29, 1.82) is 0 Å². The molecule has 1 fully saturated rings. The number of benzene rings is 1. The van der Waals surface area contributed by atoms with Gasteiger partial charge in [0.2, 0.25) is 5.91 Å². The molecule has 1 aromatic heterocycles. The van der Waals surface area contributed by atoms with Crippen molar-refractivity contribution in [1.82, 2.24) is 10.6 Å². The Morgan fingerprint density at radius 1 is 1.19 bits per heavy atom. The fraction of sp³-hybridized carbons (Fsp3) is 0.381. The maximum absolute atomic E-state index is 13.8. The van der Waals surface area contributed by atoms with Gasteiger partial charge in [-0.2, -0.15) is 13.2 Å². The third-order valence-corrected chi connectivity index (χ3v) is 6.18. The van der Waals surface area contributed by atoms with Crippen LogP contribution in [0, 0.1) is 0 Å². The summed E-state index contributed by atoms with van der Waals surface area (Å²) >= 11 is 6.69. The number of morpholine rings is 1. The highest BCUT2D eigenvalue weighted by Gasteiger charge is 2.31. The van der Waals surface area contributed by atoms with E-state index in [4.69, 9.17) is 16.3 Å². The first-order chi connectivity index (χ1) is 16.9. The van der Waals surface area contributed by atoms with Gasteiger partial charge in [-0.25, -0.2) is 8.78 Å². The molecule has 1 aliphatic heterocycles. The Labute approximate surface area is 210 Å². The van der Waals surface area contributed by atoms with Crippen LogP contribution in [0.25, 0.3) is 0 Å². The molecule has 0 unspecified atom stereocenters. The molecular formula is C21H20ClF5N4O4S. The summed E-state index contributed by atoms with van der Waals surface area (Å²) in [7, 11) is 0. The third-order valence-electron chi connectivity index (χ3n) is 4.95. The van der Waals surface area contributed by atoms with E-state index < -0.39 is 55.0 Å². The van der Waals surface area contributed by atoms with E-state index in [0.29, 0.717) is 4.34 Å². The van der Waals surface area contributed by atoms with E-state index in [2.05, 4.69) is 10.6 Å². The molecule has 8 nitrogen and oxygen atoms in total. The monoisotopic (exact) mass is 554 g/mol. The Morgan fingerprint density at radius 3 is 2.56 bits per heavy atom. The average molecular weight is 555 g/mol. The van der Waals surface area contributed by atoms with Crippen LogP contribution in [0.5, 0.6) is 0 Å². The van der Waals surface area contributed by atoms with Gasteiger partial charge in [-0.1, -0.05) is 11.6 Å². The second-order valence-corrected chi connectivity index (χ2v) is 9.24. The molecule has 196 valence electrons. The normalized spacial score (nSPS) is 15.2. The van der Waals surface area contributed by atoms with E-state index in [1.807, 2.05) is 5.32 Å². The second-order valence-electron chi connectivity index (χ2n) is 7.52. The molecule has 2 aromatic rings. The minimum absolute atomic E-state index is 0.145. The summed E-state index contributed by atoms with van der Waals surface area (Å²) in [5.74, 6) is -2.19. The molecule has 36 heavy (non-hydrogen) atoms. The topological polar surface area (TPSA) is 99.8 Å².